The van der Waals surface area contributed by atoms with Gasteiger partial charge in [-0.15, -0.1) is 11.3 Å². The minimum atomic E-state index is -0.246. The zero-order valence-electron chi connectivity index (χ0n) is 18.7. The summed E-state index contributed by atoms with van der Waals surface area (Å²) >= 11 is 7.91. The number of oxime groups is 1. The van der Waals surface area contributed by atoms with Crippen LogP contribution in [-0.2, 0) is 16.2 Å². The van der Waals surface area contributed by atoms with Crippen LogP contribution in [0.25, 0.3) is 0 Å². The molecule has 0 spiro atoms. The Labute approximate surface area is 206 Å². The highest BCUT2D eigenvalue weighted by Gasteiger charge is 2.29. The Kier molecular flexibility index (Phi) is 6.52. The molecule has 9 heteroatoms. The van der Waals surface area contributed by atoms with Gasteiger partial charge in [0.2, 0.25) is 5.91 Å². The minimum absolute atomic E-state index is 0.0224. The van der Waals surface area contributed by atoms with E-state index in [-0.39, 0.29) is 24.1 Å². The maximum absolute atomic E-state index is 12.7. The van der Waals surface area contributed by atoms with Gasteiger partial charge in [-0.2, -0.15) is 0 Å². The molecule has 7 nitrogen and oxygen atoms in total. The van der Waals surface area contributed by atoms with Crippen molar-refractivity contribution < 1.29 is 9.63 Å². The molecule has 1 fully saturated rings. The van der Waals surface area contributed by atoms with Crippen LogP contribution in [0.5, 0.6) is 0 Å². The number of hydrogen-bond acceptors (Lipinski definition) is 6. The van der Waals surface area contributed by atoms with Gasteiger partial charge in [-0.3, -0.25) is 9.59 Å². The summed E-state index contributed by atoms with van der Waals surface area (Å²) in [6, 6.07) is 12.2. The summed E-state index contributed by atoms with van der Waals surface area (Å²) in [6.45, 7) is 3.16. The number of amides is 1. The first-order valence-electron chi connectivity index (χ1n) is 11.3. The average molecular weight is 496 g/mol. The second-order valence-electron chi connectivity index (χ2n) is 8.62. The van der Waals surface area contributed by atoms with Crippen molar-refractivity contribution in [3.05, 3.63) is 85.2 Å². The Balaban J connectivity index is 1.17. The molecule has 0 saturated carbocycles. The number of benzene rings is 1. The van der Waals surface area contributed by atoms with Crippen molar-refractivity contribution in [1.29, 1.82) is 0 Å². The normalized spacial score (nSPS) is 18.6. The Hall–Kier alpha value is -2.97. The fourth-order valence-corrected chi connectivity index (χ4v) is 5.62. The predicted octanol–water partition coefficient (Wildman–Crippen LogP) is 4.34. The van der Waals surface area contributed by atoms with Gasteiger partial charge in [0.15, 0.2) is 6.10 Å². The number of carbonyl (C=O) groups excluding carboxylic acids is 1. The number of piperidine rings is 1. The number of pyridine rings is 1. The number of likely N-dealkylation sites (tertiary alicyclic amines) is 1. The van der Waals surface area contributed by atoms with Crippen LogP contribution in [0.2, 0.25) is 5.02 Å². The number of rotatable bonds is 5. The Bertz CT molecular complexity index is 1290. The number of aryl methyl sites for hydroxylation is 1. The lowest BCUT2D eigenvalue weighted by Gasteiger charge is -2.31. The zero-order chi connectivity index (χ0) is 23.7. The molecule has 2 aliphatic rings. The molecule has 3 aromatic rings. The predicted molar refractivity (Wildman–Crippen MR) is 131 cm³/mol. The van der Waals surface area contributed by atoms with Crippen LogP contribution in [0.4, 0.5) is 0 Å². The first kappa shape index (κ1) is 22.8. The summed E-state index contributed by atoms with van der Waals surface area (Å²) in [4.78, 5) is 37.2. The van der Waals surface area contributed by atoms with Crippen LogP contribution in [0.1, 0.15) is 53.1 Å². The van der Waals surface area contributed by atoms with E-state index >= 15 is 0 Å². The maximum Gasteiger partial charge on any atom is 0.253 e. The molecule has 1 unspecified atom stereocenters. The number of aromatic nitrogens is 2. The third-order valence-corrected chi connectivity index (χ3v) is 7.69. The number of halogens is 1. The zero-order valence-corrected chi connectivity index (χ0v) is 20.3. The number of carbonyl (C=O) groups is 1. The minimum Gasteiger partial charge on any atom is -0.387 e. The van der Waals surface area contributed by atoms with E-state index in [1.807, 2.05) is 28.5 Å². The van der Waals surface area contributed by atoms with E-state index in [2.05, 4.69) is 11.2 Å². The summed E-state index contributed by atoms with van der Waals surface area (Å²) in [5.74, 6) is 0.283. The molecule has 1 amide bonds. The van der Waals surface area contributed by atoms with E-state index in [9.17, 15) is 9.59 Å². The van der Waals surface area contributed by atoms with Crippen LogP contribution in [0.3, 0.4) is 0 Å². The molecule has 0 N–H and O–H groups in total. The third kappa shape index (κ3) is 4.65. The molecule has 2 aromatic heterocycles. The van der Waals surface area contributed by atoms with Crippen molar-refractivity contribution in [2.75, 3.05) is 13.1 Å². The first-order chi connectivity index (χ1) is 16.5. The molecule has 34 heavy (non-hydrogen) atoms. The summed E-state index contributed by atoms with van der Waals surface area (Å²) in [5, 5.41) is 7.96. The van der Waals surface area contributed by atoms with Gasteiger partial charge in [-0.1, -0.05) is 35.0 Å². The molecule has 5 rings (SSSR count). The van der Waals surface area contributed by atoms with Crippen LogP contribution in [0, 0.1) is 13.0 Å². The van der Waals surface area contributed by atoms with Crippen molar-refractivity contribution in [3.8, 4) is 0 Å². The number of thiazole rings is 1. The third-order valence-electron chi connectivity index (χ3n) is 6.36. The summed E-state index contributed by atoms with van der Waals surface area (Å²) < 4.78 is 1.48. The molecule has 1 radical (unpaired) electrons. The second kappa shape index (κ2) is 9.72. The van der Waals surface area contributed by atoms with Gasteiger partial charge in [0.05, 0.1) is 10.7 Å². The SMILES string of the molecule is Cc1cccn(CC(=O)N2CCC(c3nc(C4=NOC(c5[c]cccc5Cl)C4)cs3)CC2)c1=O. The van der Waals surface area contributed by atoms with Gasteiger partial charge in [-0.25, -0.2) is 4.98 Å². The van der Waals surface area contributed by atoms with E-state index in [1.54, 1.807) is 36.6 Å². The van der Waals surface area contributed by atoms with E-state index < -0.39 is 0 Å². The average Bonchev–Trinajstić information content (AvgIpc) is 3.53. The topological polar surface area (TPSA) is 76.8 Å². The highest BCUT2D eigenvalue weighted by molar-refractivity contribution is 7.10. The molecule has 4 heterocycles. The molecule has 1 atom stereocenters. The van der Waals surface area contributed by atoms with Gasteiger partial charge in [-0.05, 0) is 38.0 Å². The molecule has 2 aliphatic heterocycles. The molecule has 1 saturated heterocycles. The summed E-state index contributed by atoms with van der Waals surface area (Å²) in [7, 11) is 0. The number of nitrogens with zero attached hydrogens (tertiary/aromatic N) is 4. The largest absolute Gasteiger partial charge is 0.387 e. The molecule has 175 valence electrons. The molecule has 0 bridgehead atoms. The molecular formula is C25H24ClN4O3S. The second-order valence-corrected chi connectivity index (χ2v) is 9.92. The first-order valence-corrected chi connectivity index (χ1v) is 12.5. The lowest BCUT2D eigenvalue weighted by molar-refractivity contribution is -0.132. The van der Waals surface area contributed by atoms with Gasteiger partial charge in [0.25, 0.3) is 5.56 Å². The van der Waals surface area contributed by atoms with Crippen molar-refractivity contribution in [1.82, 2.24) is 14.5 Å². The smallest absolute Gasteiger partial charge is 0.253 e. The van der Waals surface area contributed by atoms with E-state index in [1.165, 1.54) is 4.57 Å². The van der Waals surface area contributed by atoms with Gasteiger partial charge >= 0.3 is 0 Å². The monoisotopic (exact) mass is 495 g/mol. The van der Waals surface area contributed by atoms with Gasteiger partial charge in [0.1, 0.15) is 12.3 Å². The molecule has 0 aliphatic carbocycles. The standard InChI is InChI=1S/C25H24ClN4O3S/c1-16-5-4-10-30(25(16)32)14-23(31)29-11-8-17(9-12-29)24-27-21(15-34-24)20-13-22(33-28-20)18-6-2-3-7-19(18)26/h2-5,7,10,15,17,22H,8-9,11-14H2,1H3. The lowest BCUT2D eigenvalue weighted by atomic mass is 9.97. The fourth-order valence-electron chi connectivity index (χ4n) is 4.37. The maximum atomic E-state index is 12.7. The Morgan fingerprint density at radius 2 is 2.12 bits per heavy atom. The van der Waals surface area contributed by atoms with Crippen molar-refractivity contribution in [3.63, 3.8) is 0 Å². The summed E-state index contributed by atoms with van der Waals surface area (Å²) in [5.41, 5.74) is 2.99. The summed E-state index contributed by atoms with van der Waals surface area (Å²) in [6.07, 6.45) is 3.72. The van der Waals surface area contributed by atoms with E-state index in [0.717, 1.165) is 34.8 Å². The van der Waals surface area contributed by atoms with Crippen LogP contribution in [-0.4, -0.2) is 39.2 Å². The van der Waals surface area contributed by atoms with Gasteiger partial charge in [0, 0.05) is 53.2 Å². The van der Waals surface area contributed by atoms with E-state index in [0.29, 0.717) is 36.0 Å². The van der Waals surface area contributed by atoms with Crippen molar-refractivity contribution >= 4 is 34.6 Å². The quantitative estimate of drug-likeness (QED) is 0.527. The van der Waals surface area contributed by atoms with Crippen molar-refractivity contribution in [2.45, 2.75) is 44.8 Å². The molecular weight excluding hydrogens is 472 g/mol. The van der Waals surface area contributed by atoms with Crippen LogP contribution >= 0.6 is 22.9 Å². The lowest BCUT2D eigenvalue weighted by Crippen LogP contribution is -2.41. The Morgan fingerprint density at radius 1 is 1.29 bits per heavy atom. The van der Waals surface area contributed by atoms with Crippen molar-refractivity contribution in [2.24, 2.45) is 5.16 Å². The Morgan fingerprint density at radius 3 is 2.91 bits per heavy atom. The fraction of sp³-hybridized carbons (Fsp3) is 0.360. The highest BCUT2D eigenvalue weighted by Crippen LogP contribution is 2.35. The van der Waals surface area contributed by atoms with E-state index in [4.69, 9.17) is 21.4 Å². The van der Waals surface area contributed by atoms with Crippen LogP contribution in [0.15, 0.2) is 51.9 Å². The van der Waals surface area contributed by atoms with Gasteiger partial charge < -0.3 is 14.3 Å². The highest BCUT2D eigenvalue weighted by atomic mass is 35.5. The molecule has 1 aromatic carbocycles. The number of hydrogen-bond donors (Lipinski definition) is 0. The van der Waals surface area contributed by atoms with Crippen LogP contribution < -0.4 is 5.56 Å².